The number of anilines is 2. The zero-order chi connectivity index (χ0) is 19.4. The predicted octanol–water partition coefficient (Wildman–Crippen LogP) is 3.56. The standard InChI is InChI=1S/C20H22N2O4S/c1-13-10-20(24)22(16-6-4-5-7-18(16)27-13)12-19(23)21-15-9-8-14(25-2)11-17(15)26-3/h4-9,11,13H,10,12H2,1-3H3,(H,21,23). The molecule has 2 aromatic rings. The van der Waals surface area contributed by atoms with E-state index in [4.69, 9.17) is 9.47 Å². The van der Waals surface area contributed by atoms with E-state index in [1.165, 1.54) is 7.11 Å². The second-order valence-electron chi connectivity index (χ2n) is 6.19. The molecule has 0 saturated carbocycles. The van der Waals surface area contributed by atoms with Crippen molar-refractivity contribution >= 4 is 35.0 Å². The summed E-state index contributed by atoms with van der Waals surface area (Å²) in [4.78, 5) is 27.9. The van der Waals surface area contributed by atoms with Crippen LogP contribution >= 0.6 is 11.8 Å². The number of methoxy groups -OCH3 is 2. The van der Waals surface area contributed by atoms with Crippen LogP contribution in [0.15, 0.2) is 47.4 Å². The van der Waals surface area contributed by atoms with Gasteiger partial charge in [0.05, 0.1) is 25.6 Å². The highest BCUT2D eigenvalue weighted by molar-refractivity contribution is 8.00. The van der Waals surface area contributed by atoms with Crippen molar-refractivity contribution in [1.29, 1.82) is 0 Å². The molecule has 0 fully saturated rings. The minimum absolute atomic E-state index is 0.0572. The molecule has 7 heteroatoms. The van der Waals surface area contributed by atoms with Crippen molar-refractivity contribution < 1.29 is 19.1 Å². The number of fused-ring (bicyclic) bond motifs is 1. The molecule has 2 aromatic carbocycles. The number of nitrogens with one attached hydrogen (secondary N) is 1. The van der Waals surface area contributed by atoms with E-state index in [1.54, 1.807) is 42.0 Å². The lowest BCUT2D eigenvalue weighted by atomic mass is 10.2. The summed E-state index contributed by atoms with van der Waals surface area (Å²) in [5, 5.41) is 2.98. The van der Waals surface area contributed by atoms with Gasteiger partial charge in [0.1, 0.15) is 18.0 Å². The third-order valence-electron chi connectivity index (χ3n) is 4.23. The fraction of sp³-hybridized carbons (Fsp3) is 0.300. The second-order valence-corrected chi connectivity index (χ2v) is 7.67. The zero-order valence-corrected chi connectivity index (χ0v) is 16.3. The van der Waals surface area contributed by atoms with E-state index >= 15 is 0 Å². The van der Waals surface area contributed by atoms with Crippen molar-refractivity contribution in [1.82, 2.24) is 0 Å². The summed E-state index contributed by atoms with van der Waals surface area (Å²) in [7, 11) is 3.09. The minimum Gasteiger partial charge on any atom is -0.497 e. The van der Waals surface area contributed by atoms with Crippen LogP contribution in [0.3, 0.4) is 0 Å². The average Bonchev–Trinajstić information content (AvgIpc) is 2.77. The maximum absolute atomic E-state index is 12.7. The van der Waals surface area contributed by atoms with Crippen LogP contribution in [0.4, 0.5) is 11.4 Å². The van der Waals surface area contributed by atoms with Gasteiger partial charge in [-0.05, 0) is 24.3 Å². The molecule has 1 aliphatic heterocycles. The van der Waals surface area contributed by atoms with Crippen LogP contribution < -0.4 is 19.7 Å². The van der Waals surface area contributed by atoms with Gasteiger partial charge in [0.15, 0.2) is 0 Å². The molecule has 0 aromatic heterocycles. The van der Waals surface area contributed by atoms with Crippen molar-refractivity contribution in [3.63, 3.8) is 0 Å². The van der Waals surface area contributed by atoms with Gasteiger partial charge in [0.2, 0.25) is 11.8 Å². The Hall–Kier alpha value is -2.67. The highest BCUT2D eigenvalue weighted by Crippen LogP contribution is 2.37. The normalized spacial score (nSPS) is 16.3. The zero-order valence-electron chi connectivity index (χ0n) is 15.5. The third kappa shape index (κ3) is 4.36. The largest absolute Gasteiger partial charge is 0.497 e. The molecule has 0 spiro atoms. The van der Waals surface area contributed by atoms with Gasteiger partial charge in [-0.1, -0.05) is 19.1 Å². The molecule has 1 N–H and O–H groups in total. The predicted molar refractivity (Wildman–Crippen MR) is 107 cm³/mol. The first-order valence-corrected chi connectivity index (χ1v) is 9.47. The number of amides is 2. The van der Waals surface area contributed by atoms with Gasteiger partial charge in [0, 0.05) is 22.6 Å². The Labute approximate surface area is 162 Å². The Morgan fingerprint density at radius 3 is 2.74 bits per heavy atom. The Balaban J connectivity index is 1.80. The monoisotopic (exact) mass is 386 g/mol. The van der Waals surface area contributed by atoms with E-state index < -0.39 is 0 Å². The number of nitrogens with zero attached hydrogens (tertiary/aromatic N) is 1. The molecule has 0 saturated heterocycles. The van der Waals surface area contributed by atoms with Crippen molar-refractivity contribution in [2.75, 3.05) is 31.0 Å². The van der Waals surface area contributed by atoms with Crippen molar-refractivity contribution in [3.05, 3.63) is 42.5 Å². The fourth-order valence-electron chi connectivity index (χ4n) is 2.94. The van der Waals surface area contributed by atoms with Gasteiger partial charge in [-0.2, -0.15) is 0 Å². The number of carbonyl (C=O) groups excluding carboxylic acids is 2. The first-order valence-electron chi connectivity index (χ1n) is 8.59. The fourth-order valence-corrected chi connectivity index (χ4v) is 4.05. The number of thioether (sulfide) groups is 1. The van der Waals surface area contributed by atoms with Crippen LogP contribution in [0.1, 0.15) is 13.3 Å². The summed E-state index contributed by atoms with van der Waals surface area (Å²) in [6.07, 6.45) is 0.387. The molecular formula is C20H22N2O4S. The molecule has 1 heterocycles. The number of para-hydroxylation sites is 1. The maximum atomic E-state index is 12.7. The van der Waals surface area contributed by atoms with Crippen LogP contribution in [-0.2, 0) is 9.59 Å². The minimum atomic E-state index is -0.291. The van der Waals surface area contributed by atoms with Gasteiger partial charge in [-0.25, -0.2) is 0 Å². The molecule has 1 unspecified atom stereocenters. The lowest BCUT2D eigenvalue weighted by molar-refractivity contribution is -0.121. The molecule has 3 rings (SSSR count). The first-order chi connectivity index (χ1) is 13.0. The number of carbonyl (C=O) groups is 2. The van der Waals surface area contributed by atoms with E-state index in [9.17, 15) is 9.59 Å². The van der Waals surface area contributed by atoms with Crippen LogP contribution in [0.5, 0.6) is 11.5 Å². The molecule has 2 amide bonds. The molecular weight excluding hydrogens is 364 g/mol. The number of hydrogen-bond acceptors (Lipinski definition) is 5. The maximum Gasteiger partial charge on any atom is 0.244 e. The van der Waals surface area contributed by atoms with E-state index in [-0.39, 0.29) is 23.6 Å². The smallest absolute Gasteiger partial charge is 0.244 e. The number of hydrogen-bond donors (Lipinski definition) is 1. The summed E-state index contributed by atoms with van der Waals surface area (Å²) in [5.41, 5.74) is 1.30. The van der Waals surface area contributed by atoms with Gasteiger partial charge < -0.3 is 19.7 Å². The molecule has 142 valence electrons. The molecule has 1 atom stereocenters. The Morgan fingerprint density at radius 1 is 1.22 bits per heavy atom. The first kappa shape index (κ1) is 19.1. The van der Waals surface area contributed by atoms with E-state index in [0.717, 1.165) is 10.6 Å². The van der Waals surface area contributed by atoms with Crippen LogP contribution in [0.2, 0.25) is 0 Å². The van der Waals surface area contributed by atoms with Gasteiger partial charge in [0.25, 0.3) is 0 Å². The van der Waals surface area contributed by atoms with Gasteiger partial charge in [-0.15, -0.1) is 11.8 Å². The van der Waals surface area contributed by atoms with Crippen LogP contribution in [0, 0.1) is 0 Å². The molecule has 6 nitrogen and oxygen atoms in total. The molecule has 27 heavy (non-hydrogen) atoms. The highest BCUT2D eigenvalue weighted by Gasteiger charge is 2.27. The summed E-state index contributed by atoms with van der Waals surface area (Å²) < 4.78 is 10.5. The Kier molecular flexibility index (Phi) is 5.91. The third-order valence-corrected chi connectivity index (χ3v) is 5.40. The lowest BCUT2D eigenvalue weighted by Gasteiger charge is -2.22. The van der Waals surface area contributed by atoms with Gasteiger partial charge >= 0.3 is 0 Å². The van der Waals surface area contributed by atoms with Crippen molar-refractivity contribution in [2.24, 2.45) is 0 Å². The topological polar surface area (TPSA) is 67.9 Å². The average molecular weight is 386 g/mol. The summed E-state index contributed by atoms with van der Waals surface area (Å²) in [6.45, 7) is 1.96. The Morgan fingerprint density at radius 2 is 2.00 bits per heavy atom. The second kappa shape index (κ2) is 8.35. The Bertz CT molecular complexity index is 856. The summed E-state index contributed by atoms with van der Waals surface area (Å²) in [6, 6.07) is 12.8. The van der Waals surface area contributed by atoms with Crippen LogP contribution in [0.25, 0.3) is 0 Å². The SMILES string of the molecule is COc1ccc(NC(=O)CN2C(=O)CC(C)Sc3ccccc32)c(OC)c1. The van der Waals surface area contributed by atoms with Crippen molar-refractivity contribution in [2.45, 2.75) is 23.5 Å². The number of benzene rings is 2. The van der Waals surface area contributed by atoms with Gasteiger partial charge in [-0.3, -0.25) is 9.59 Å². The highest BCUT2D eigenvalue weighted by atomic mass is 32.2. The molecule has 0 radical (unpaired) electrons. The molecule has 1 aliphatic rings. The molecule has 0 bridgehead atoms. The summed E-state index contributed by atoms with van der Waals surface area (Å²) in [5.74, 6) is 0.778. The summed E-state index contributed by atoms with van der Waals surface area (Å²) >= 11 is 1.65. The lowest BCUT2D eigenvalue weighted by Crippen LogP contribution is -2.38. The van der Waals surface area contributed by atoms with Crippen molar-refractivity contribution in [3.8, 4) is 11.5 Å². The number of ether oxygens (including phenoxy) is 2. The van der Waals surface area contributed by atoms with E-state index in [0.29, 0.717) is 23.6 Å². The number of rotatable bonds is 5. The van der Waals surface area contributed by atoms with Crippen LogP contribution in [-0.4, -0.2) is 37.8 Å². The van der Waals surface area contributed by atoms with E-state index in [1.807, 2.05) is 31.2 Å². The molecule has 0 aliphatic carbocycles. The van der Waals surface area contributed by atoms with E-state index in [2.05, 4.69) is 5.32 Å². The quantitative estimate of drug-likeness (QED) is 0.851.